The van der Waals surface area contributed by atoms with E-state index in [-0.39, 0.29) is 11.2 Å². The number of aromatic nitrogens is 2. The van der Waals surface area contributed by atoms with E-state index in [4.69, 9.17) is 14.0 Å². The van der Waals surface area contributed by atoms with Gasteiger partial charge in [-0.05, 0) is 65.2 Å². The minimum absolute atomic E-state index is 0.350. The van der Waals surface area contributed by atoms with Gasteiger partial charge >= 0.3 is 7.12 Å². The van der Waals surface area contributed by atoms with Crippen molar-refractivity contribution in [1.29, 1.82) is 0 Å². The molecular formula is C20H26BN3O3. The van der Waals surface area contributed by atoms with Crippen LogP contribution in [0.5, 0.6) is 5.88 Å². The lowest BCUT2D eigenvalue weighted by molar-refractivity contribution is 0.00578. The molecule has 0 radical (unpaired) electrons. The second kappa shape index (κ2) is 6.50. The Morgan fingerprint density at radius 1 is 1.07 bits per heavy atom. The van der Waals surface area contributed by atoms with Crippen LogP contribution >= 0.6 is 0 Å². The zero-order chi connectivity index (χ0) is 19.2. The number of hydrogen-bond acceptors (Lipinski definition) is 6. The van der Waals surface area contributed by atoms with Crippen LogP contribution in [0.2, 0.25) is 0 Å². The Balaban J connectivity index is 1.45. The molecule has 1 N–H and O–H groups in total. The molecule has 2 aliphatic rings. The number of nitrogens with zero attached hydrogens (tertiary/aromatic N) is 2. The van der Waals surface area contributed by atoms with Gasteiger partial charge in [-0.3, -0.25) is 0 Å². The van der Waals surface area contributed by atoms with Gasteiger partial charge in [0.05, 0.1) is 23.1 Å². The van der Waals surface area contributed by atoms with Gasteiger partial charge in [0, 0.05) is 17.7 Å². The molecule has 142 valence electrons. The lowest BCUT2D eigenvalue weighted by Crippen LogP contribution is -2.41. The Labute approximate surface area is 160 Å². The maximum atomic E-state index is 6.13. The van der Waals surface area contributed by atoms with E-state index in [2.05, 4.69) is 43.0 Å². The maximum Gasteiger partial charge on any atom is 0.496 e. The molecule has 0 amide bonds. The van der Waals surface area contributed by atoms with E-state index < -0.39 is 7.12 Å². The fourth-order valence-electron chi connectivity index (χ4n) is 2.88. The minimum Gasteiger partial charge on any atom is -0.474 e. The third-order valence-corrected chi connectivity index (χ3v) is 5.48. The van der Waals surface area contributed by atoms with Gasteiger partial charge in [0.2, 0.25) is 5.88 Å². The summed E-state index contributed by atoms with van der Waals surface area (Å²) in [7, 11) is -0.405. The first kappa shape index (κ1) is 18.3. The van der Waals surface area contributed by atoms with Gasteiger partial charge in [-0.25, -0.2) is 9.97 Å². The second-order valence-corrected chi connectivity index (χ2v) is 8.34. The molecule has 0 aromatic carbocycles. The predicted molar refractivity (Wildman–Crippen MR) is 106 cm³/mol. The Kier molecular flexibility index (Phi) is 4.39. The van der Waals surface area contributed by atoms with Crippen molar-refractivity contribution in [1.82, 2.24) is 9.97 Å². The zero-order valence-corrected chi connectivity index (χ0v) is 16.6. The smallest absolute Gasteiger partial charge is 0.474 e. The third-order valence-electron chi connectivity index (χ3n) is 5.48. The van der Waals surface area contributed by atoms with E-state index in [0.29, 0.717) is 12.0 Å². The molecule has 4 rings (SSSR count). The average Bonchev–Trinajstić information content (AvgIpc) is 3.36. The standard InChI is InChI=1S/C20H26BN3O3/c1-13-10-17(24-14-6-9-18(23-11-14)25-15-7-8-15)22-12-16(13)21-26-19(2,3)20(4,5)27-21/h6,9-12,15H,7-8H2,1-5H3,(H,22,24). The van der Waals surface area contributed by atoms with Gasteiger partial charge in [-0.15, -0.1) is 0 Å². The highest BCUT2D eigenvalue weighted by molar-refractivity contribution is 6.62. The molecule has 27 heavy (non-hydrogen) atoms. The number of ether oxygens (including phenoxy) is 1. The normalized spacial score (nSPS) is 20.6. The number of aryl methyl sites for hydroxylation is 1. The lowest BCUT2D eigenvalue weighted by Gasteiger charge is -2.32. The Morgan fingerprint density at radius 3 is 2.33 bits per heavy atom. The molecule has 6 nitrogen and oxygen atoms in total. The van der Waals surface area contributed by atoms with Gasteiger partial charge in [-0.2, -0.15) is 0 Å². The van der Waals surface area contributed by atoms with Crippen molar-refractivity contribution < 1.29 is 14.0 Å². The SMILES string of the molecule is Cc1cc(Nc2ccc(OC3CC3)nc2)ncc1B1OC(C)(C)C(C)(C)O1. The monoisotopic (exact) mass is 367 g/mol. The Morgan fingerprint density at radius 2 is 1.78 bits per heavy atom. The summed E-state index contributed by atoms with van der Waals surface area (Å²) in [5, 5.41) is 3.28. The molecule has 1 aliphatic heterocycles. The van der Waals surface area contributed by atoms with Crippen molar-refractivity contribution in [3.05, 3.63) is 36.2 Å². The molecule has 1 aliphatic carbocycles. The Bertz CT molecular complexity index is 819. The third kappa shape index (κ3) is 3.80. The summed E-state index contributed by atoms with van der Waals surface area (Å²) in [6, 6.07) is 5.82. The fraction of sp³-hybridized carbons (Fsp3) is 0.500. The van der Waals surface area contributed by atoms with Gasteiger partial charge < -0.3 is 19.4 Å². The molecule has 0 atom stereocenters. The first-order chi connectivity index (χ1) is 12.7. The summed E-state index contributed by atoms with van der Waals surface area (Å²) >= 11 is 0. The molecular weight excluding hydrogens is 341 g/mol. The molecule has 1 saturated carbocycles. The van der Waals surface area contributed by atoms with Gasteiger partial charge in [0.25, 0.3) is 0 Å². The molecule has 0 bridgehead atoms. The molecule has 1 saturated heterocycles. The number of hydrogen-bond donors (Lipinski definition) is 1. The van der Waals surface area contributed by atoms with Gasteiger partial charge in [0.1, 0.15) is 11.9 Å². The van der Waals surface area contributed by atoms with Crippen LogP contribution in [0.4, 0.5) is 11.5 Å². The Hall–Kier alpha value is -2.12. The molecule has 2 aromatic heterocycles. The van der Waals surface area contributed by atoms with Crippen LogP contribution in [0.25, 0.3) is 0 Å². The number of rotatable bonds is 5. The summed E-state index contributed by atoms with van der Waals surface area (Å²) in [5.74, 6) is 1.42. The van der Waals surface area contributed by atoms with Crippen LogP contribution in [-0.4, -0.2) is 34.4 Å². The average molecular weight is 367 g/mol. The molecule has 2 fully saturated rings. The summed E-state index contributed by atoms with van der Waals surface area (Å²) in [5.41, 5.74) is 2.15. The van der Waals surface area contributed by atoms with Crippen LogP contribution in [0.3, 0.4) is 0 Å². The van der Waals surface area contributed by atoms with Crippen LogP contribution < -0.4 is 15.5 Å². The summed E-state index contributed by atoms with van der Waals surface area (Å²) in [6.07, 6.45) is 6.18. The van der Waals surface area contributed by atoms with E-state index >= 15 is 0 Å². The fourth-order valence-corrected chi connectivity index (χ4v) is 2.88. The highest BCUT2D eigenvalue weighted by Crippen LogP contribution is 2.36. The minimum atomic E-state index is -0.405. The maximum absolute atomic E-state index is 6.13. The highest BCUT2D eigenvalue weighted by Gasteiger charge is 2.52. The molecule has 3 heterocycles. The van der Waals surface area contributed by atoms with Gasteiger partial charge in [-0.1, -0.05) is 0 Å². The zero-order valence-electron chi connectivity index (χ0n) is 16.6. The molecule has 0 unspecified atom stereocenters. The topological polar surface area (TPSA) is 65.5 Å². The van der Waals surface area contributed by atoms with Crippen molar-refractivity contribution in [2.24, 2.45) is 0 Å². The van der Waals surface area contributed by atoms with E-state index in [9.17, 15) is 0 Å². The predicted octanol–water partition coefficient (Wildman–Crippen LogP) is 3.37. The summed E-state index contributed by atoms with van der Waals surface area (Å²) < 4.78 is 17.9. The van der Waals surface area contributed by atoms with E-state index in [0.717, 1.165) is 35.4 Å². The van der Waals surface area contributed by atoms with E-state index in [1.165, 1.54) is 0 Å². The van der Waals surface area contributed by atoms with Crippen molar-refractivity contribution in [3.63, 3.8) is 0 Å². The first-order valence-electron chi connectivity index (χ1n) is 9.45. The van der Waals surface area contributed by atoms with Gasteiger partial charge in [0.15, 0.2) is 0 Å². The number of pyridine rings is 2. The number of nitrogens with one attached hydrogen (secondary N) is 1. The molecule has 2 aromatic rings. The van der Waals surface area contributed by atoms with Crippen molar-refractivity contribution in [3.8, 4) is 5.88 Å². The summed E-state index contributed by atoms with van der Waals surface area (Å²) in [6.45, 7) is 10.2. The van der Waals surface area contributed by atoms with E-state index in [1.807, 2.05) is 31.3 Å². The van der Waals surface area contributed by atoms with E-state index in [1.54, 1.807) is 6.20 Å². The number of anilines is 2. The van der Waals surface area contributed by atoms with Crippen LogP contribution in [0, 0.1) is 6.92 Å². The lowest BCUT2D eigenvalue weighted by atomic mass is 9.77. The largest absolute Gasteiger partial charge is 0.496 e. The van der Waals surface area contributed by atoms with Crippen molar-refractivity contribution >= 4 is 24.1 Å². The molecule has 7 heteroatoms. The molecule has 0 spiro atoms. The van der Waals surface area contributed by atoms with Crippen LogP contribution in [0.15, 0.2) is 30.6 Å². The summed E-state index contributed by atoms with van der Waals surface area (Å²) in [4.78, 5) is 8.86. The highest BCUT2D eigenvalue weighted by atomic mass is 16.7. The van der Waals surface area contributed by atoms with Crippen LogP contribution in [-0.2, 0) is 9.31 Å². The van der Waals surface area contributed by atoms with Crippen LogP contribution in [0.1, 0.15) is 46.1 Å². The first-order valence-corrected chi connectivity index (χ1v) is 9.45. The van der Waals surface area contributed by atoms with Crippen molar-refractivity contribution in [2.45, 2.75) is 64.8 Å². The van der Waals surface area contributed by atoms with Crippen molar-refractivity contribution in [2.75, 3.05) is 5.32 Å². The second-order valence-electron chi connectivity index (χ2n) is 8.34. The quantitative estimate of drug-likeness (QED) is 0.818.